The first-order chi connectivity index (χ1) is 11.4. The van der Waals surface area contributed by atoms with Crippen LogP contribution in [0.15, 0.2) is 66.4 Å². The highest BCUT2D eigenvalue weighted by Crippen LogP contribution is 2.50. The Hall–Kier alpha value is -1.35. The van der Waals surface area contributed by atoms with Crippen LogP contribution in [-0.2, 0) is 0 Å². The molecule has 0 N–H and O–H groups in total. The first-order valence-corrected chi connectivity index (χ1v) is 12.6. The predicted octanol–water partition coefficient (Wildman–Crippen LogP) is 6.26. The van der Waals surface area contributed by atoms with E-state index in [1.54, 1.807) is 0 Å². The van der Waals surface area contributed by atoms with Gasteiger partial charge in [-0.25, -0.2) is 0 Å². The second-order valence-corrected chi connectivity index (χ2v) is 13.2. The van der Waals surface area contributed by atoms with E-state index >= 15 is 0 Å². The van der Waals surface area contributed by atoms with E-state index in [0.29, 0.717) is 18.1 Å². The van der Waals surface area contributed by atoms with E-state index in [4.69, 9.17) is 11.6 Å². The molecule has 0 aromatic heterocycles. The lowest BCUT2D eigenvalue weighted by Gasteiger charge is -2.15. The summed E-state index contributed by atoms with van der Waals surface area (Å²) in [5, 5.41) is 0.802. The SMILES string of the molecule is C[C@@H](c1ccccc1)N1[C@H](/C=C/[Si](C)(C)C)[C@@H]1c1ccc(Cl)cc1. The van der Waals surface area contributed by atoms with Crippen LogP contribution in [0.4, 0.5) is 0 Å². The van der Waals surface area contributed by atoms with Gasteiger partial charge in [0.15, 0.2) is 0 Å². The quantitative estimate of drug-likeness (QED) is 0.451. The third-order valence-corrected chi connectivity index (χ3v) is 6.08. The molecule has 1 aliphatic heterocycles. The summed E-state index contributed by atoms with van der Waals surface area (Å²) in [4.78, 5) is 2.59. The average Bonchev–Trinajstić information content (AvgIpc) is 3.27. The number of nitrogens with zero attached hydrogens (tertiary/aromatic N) is 1. The van der Waals surface area contributed by atoms with Gasteiger partial charge in [-0.3, -0.25) is 4.90 Å². The summed E-state index contributed by atoms with van der Waals surface area (Å²) in [5.74, 6) is 0. The first kappa shape index (κ1) is 17.5. The third-order valence-electron chi connectivity index (χ3n) is 4.63. The number of hydrogen-bond acceptors (Lipinski definition) is 1. The molecule has 0 aliphatic carbocycles. The van der Waals surface area contributed by atoms with Gasteiger partial charge in [0.1, 0.15) is 0 Å². The highest BCUT2D eigenvalue weighted by Gasteiger charge is 2.49. The Balaban J connectivity index is 1.86. The Labute approximate surface area is 152 Å². The molecule has 2 aromatic rings. The second kappa shape index (κ2) is 6.87. The van der Waals surface area contributed by atoms with Crippen LogP contribution in [0.1, 0.15) is 30.1 Å². The van der Waals surface area contributed by atoms with E-state index in [-0.39, 0.29) is 0 Å². The number of halogens is 1. The van der Waals surface area contributed by atoms with Gasteiger partial charge in [0.25, 0.3) is 0 Å². The molecule has 3 heteroatoms. The molecule has 1 heterocycles. The van der Waals surface area contributed by atoms with Crippen molar-refractivity contribution in [2.24, 2.45) is 0 Å². The normalized spacial score (nSPS) is 25.0. The molecule has 0 amide bonds. The van der Waals surface area contributed by atoms with Crippen molar-refractivity contribution in [3.63, 3.8) is 0 Å². The zero-order valence-corrected chi connectivity index (χ0v) is 16.7. The molecule has 1 fully saturated rings. The molecule has 24 heavy (non-hydrogen) atoms. The Morgan fingerprint density at radius 2 is 1.62 bits per heavy atom. The second-order valence-electron chi connectivity index (χ2n) is 7.75. The molecule has 2 aromatic carbocycles. The average molecular weight is 356 g/mol. The zero-order chi connectivity index (χ0) is 17.3. The van der Waals surface area contributed by atoms with Crippen molar-refractivity contribution in [2.45, 2.75) is 44.7 Å². The Bertz CT molecular complexity index is 703. The number of benzene rings is 2. The van der Waals surface area contributed by atoms with Gasteiger partial charge in [0, 0.05) is 17.1 Å². The fraction of sp³-hybridized carbons (Fsp3) is 0.333. The van der Waals surface area contributed by atoms with E-state index in [1.165, 1.54) is 11.1 Å². The maximum atomic E-state index is 6.07. The lowest BCUT2D eigenvalue weighted by Crippen LogP contribution is -2.16. The van der Waals surface area contributed by atoms with E-state index < -0.39 is 8.07 Å². The summed E-state index contributed by atoms with van der Waals surface area (Å²) in [7, 11) is -1.19. The van der Waals surface area contributed by atoms with Gasteiger partial charge in [0.2, 0.25) is 0 Å². The van der Waals surface area contributed by atoms with Crippen LogP contribution in [0, 0.1) is 0 Å². The van der Waals surface area contributed by atoms with Gasteiger partial charge in [-0.1, -0.05) is 85.5 Å². The summed E-state index contributed by atoms with van der Waals surface area (Å²) < 4.78 is 0. The first-order valence-electron chi connectivity index (χ1n) is 8.64. The lowest BCUT2D eigenvalue weighted by molar-refractivity contribution is 0.396. The third kappa shape index (κ3) is 4.00. The van der Waals surface area contributed by atoms with Crippen LogP contribution in [-0.4, -0.2) is 19.0 Å². The van der Waals surface area contributed by atoms with Gasteiger partial charge < -0.3 is 0 Å². The fourth-order valence-electron chi connectivity index (χ4n) is 3.29. The van der Waals surface area contributed by atoms with Crippen molar-refractivity contribution in [2.75, 3.05) is 0 Å². The molecule has 0 saturated carbocycles. The maximum Gasteiger partial charge on any atom is 0.0683 e. The van der Waals surface area contributed by atoms with Gasteiger partial charge in [-0.05, 0) is 30.2 Å². The van der Waals surface area contributed by atoms with Crippen LogP contribution < -0.4 is 0 Å². The monoisotopic (exact) mass is 355 g/mol. The van der Waals surface area contributed by atoms with Crippen molar-refractivity contribution in [1.82, 2.24) is 4.90 Å². The van der Waals surface area contributed by atoms with Crippen molar-refractivity contribution in [1.29, 1.82) is 0 Å². The van der Waals surface area contributed by atoms with Crippen LogP contribution in [0.3, 0.4) is 0 Å². The van der Waals surface area contributed by atoms with E-state index in [2.05, 4.69) is 85.7 Å². The molecule has 126 valence electrons. The molecule has 0 radical (unpaired) electrons. The van der Waals surface area contributed by atoms with E-state index in [9.17, 15) is 0 Å². The van der Waals surface area contributed by atoms with Gasteiger partial charge in [-0.15, -0.1) is 0 Å². The minimum atomic E-state index is -1.19. The molecule has 1 aliphatic rings. The maximum absolute atomic E-state index is 6.07. The predicted molar refractivity (Wildman–Crippen MR) is 107 cm³/mol. The van der Waals surface area contributed by atoms with Crippen molar-refractivity contribution in [3.8, 4) is 0 Å². The van der Waals surface area contributed by atoms with Crippen molar-refractivity contribution < 1.29 is 0 Å². The summed E-state index contributed by atoms with van der Waals surface area (Å²) >= 11 is 6.07. The zero-order valence-electron chi connectivity index (χ0n) is 14.9. The van der Waals surface area contributed by atoms with Gasteiger partial charge >= 0.3 is 0 Å². The summed E-state index contributed by atoms with van der Waals surface area (Å²) in [6.07, 6.45) is 2.44. The van der Waals surface area contributed by atoms with Crippen LogP contribution >= 0.6 is 11.6 Å². The highest BCUT2D eigenvalue weighted by molar-refractivity contribution is 6.80. The molecule has 4 atom stereocenters. The van der Waals surface area contributed by atoms with Crippen molar-refractivity contribution in [3.05, 3.63) is 82.5 Å². The minimum absolute atomic E-state index is 0.406. The van der Waals surface area contributed by atoms with E-state index in [0.717, 1.165) is 5.02 Å². The largest absolute Gasteiger partial charge is 0.279 e. The molecule has 0 spiro atoms. The molecular formula is C21H26ClNSi. The topological polar surface area (TPSA) is 3.01 Å². The van der Waals surface area contributed by atoms with Crippen LogP contribution in [0.2, 0.25) is 24.7 Å². The Morgan fingerprint density at radius 1 is 1.00 bits per heavy atom. The molecule has 0 bridgehead atoms. The molecule has 3 rings (SSSR count). The number of hydrogen-bond donors (Lipinski definition) is 0. The van der Waals surface area contributed by atoms with Crippen molar-refractivity contribution >= 4 is 19.7 Å². The Kier molecular flexibility index (Phi) is 5.00. The summed E-state index contributed by atoms with van der Waals surface area (Å²) in [6, 6.07) is 20.4. The van der Waals surface area contributed by atoms with E-state index in [1.807, 2.05) is 12.1 Å². The molecule has 1 nitrogen and oxygen atoms in total. The lowest BCUT2D eigenvalue weighted by atomic mass is 10.1. The number of rotatable bonds is 5. The van der Waals surface area contributed by atoms with Crippen LogP contribution in [0.25, 0.3) is 0 Å². The standard InChI is InChI=1S/C21H26ClNSi/c1-16(17-8-6-5-7-9-17)23-20(14-15-24(2,3)4)21(23)18-10-12-19(22)13-11-18/h5-16,20-21H,1-4H3/b15-14+/t16-,20+,21-,23?/m0/s1. The molecule has 1 unspecified atom stereocenters. The Morgan fingerprint density at radius 3 is 2.21 bits per heavy atom. The molecule has 1 saturated heterocycles. The summed E-state index contributed by atoms with van der Waals surface area (Å²) in [6.45, 7) is 9.46. The van der Waals surface area contributed by atoms with Gasteiger partial charge in [-0.2, -0.15) is 0 Å². The highest BCUT2D eigenvalue weighted by atomic mass is 35.5. The summed E-state index contributed by atoms with van der Waals surface area (Å²) in [5.41, 5.74) is 5.20. The smallest absolute Gasteiger partial charge is 0.0683 e. The minimum Gasteiger partial charge on any atom is -0.279 e. The van der Waals surface area contributed by atoms with Gasteiger partial charge in [0.05, 0.1) is 14.1 Å². The fourth-order valence-corrected chi connectivity index (χ4v) is 4.19. The molecular weight excluding hydrogens is 330 g/mol. The van der Waals surface area contributed by atoms with Crippen LogP contribution in [0.5, 0.6) is 0 Å².